The van der Waals surface area contributed by atoms with Crippen LogP contribution < -0.4 is 10.5 Å². The molecule has 1 rings (SSSR count). The van der Waals surface area contributed by atoms with Crippen LogP contribution in [0.5, 0.6) is 11.5 Å². The fraction of sp³-hybridized carbons (Fsp3) is 0.200. The number of carbonyl (C=O) groups is 2. The first-order valence-corrected chi connectivity index (χ1v) is 4.27. The van der Waals surface area contributed by atoms with Crippen molar-refractivity contribution in [3.63, 3.8) is 0 Å². The molecule has 0 heterocycles. The zero-order chi connectivity index (χ0) is 11.4. The van der Waals surface area contributed by atoms with Gasteiger partial charge in [-0.3, -0.25) is 9.59 Å². The monoisotopic (exact) mass is 209 g/mol. The lowest BCUT2D eigenvalue weighted by Gasteiger charge is -2.05. The van der Waals surface area contributed by atoms with Crippen LogP contribution in [0, 0.1) is 0 Å². The summed E-state index contributed by atoms with van der Waals surface area (Å²) in [5.74, 6) is -1.26. The van der Waals surface area contributed by atoms with Gasteiger partial charge < -0.3 is 15.6 Å². The predicted octanol–water partition coefficient (Wildman–Crippen LogP) is 0.859. The second-order valence-electron chi connectivity index (χ2n) is 3.08. The number of ether oxygens (including phenoxy) is 1. The van der Waals surface area contributed by atoms with Crippen LogP contribution in [0.15, 0.2) is 18.2 Å². The molecule has 0 aliphatic heterocycles. The Bertz CT molecular complexity index is 400. The first-order valence-electron chi connectivity index (χ1n) is 4.27. The van der Waals surface area contributed by atoms with Gasteiger partial charge in [0.05, 0.1) is 0 Å². The summed E-state index contributed by atoms with van der Waals surface area (Å²) in [5.41, 5.74) is 5.79. The number of Topliss-reactive ketones (excluding diaryl/α,β-unsaturated/α-hetero) is 1. The zero-order valence-corrected chi connectivity index (χ0v) is 8.19. The van der Waals surface area contributed by atoms with Crippen LogP contribution in [0.1, 0.15) is 13.3 Å². The summed E-state index contributed by atoms with van der Waals surface area (Å²) < 4.78 is 4.75. The highest BCUT2D eigenvalue weighted by atomic mass is 16.5. The number of phenolic OH excluding ortho intramolecular Hbond substituents is 1. The van der Waals surface area contributed by atoms with Gasteiger partial charge >= 0.3 is 5.97 Å². The summed E-state index contributed by atoms with van der Waals surface area (Å²) in [6.45, 7) is 1.28. The molecule has 0 spiro atoms. The van der Waals surface area contributed by atoms with Crippen LogP contribution in [0.3, 0.4) is 0 Å². The van der Waals surface area contributed by atoms with Crippen molar-refractivity contribution < 1.29 is 19.4 Å². The van der Waals surface area contributed by atoms with E-state index >= 15 is 0 Å². The first kappa shape index (κ1) is 11.0. The van der Waals surface area contributed by atoms with E-state index < -0.39 is 5.97 Å². The number of phenols is 1. The Hall–Kier alpha value is -2.04. The third-order valence-electron chi connectivity index (χ3n) is 1.60. The summed E-state index contributed by atoms with van der Waals surface area (Å²) in [4.78, 5) is 21.7. The SMILES string of the molecule is CC(=O)CC(=O)Oc1cc(N)ccc1O. The average Bonchev–Trinajstić information content (AvgIpc) is 2.10. The van der Waals surface area contributed by atoms with Gasteiger partial charge in [0, 0.05) is 11.8 Å². The molecule has 80 valence electrons. The summed E-state index contributed by atoms with van der Waals surface area (Å²) in [7, 11) is 0. The van der Waals surface area contributed by atoms with Crippen molar-refractivity contribution in [2.45, 2.75) is 13.3 Å². The zero-order valence-electron chi connectivity index (χ0n) is 8.19. The standard InChI is InChI=1S/C10H11NO4/c1-6(12)4-10(14)15-9-5-7(11)2-3-8(9)13/h2-3,5,13H,4,11H2,1H3. The topological polar surface area (TPSA) is 89.6 Å². The predicted molar refractivity (Wildman–Crippen MR) is 53.5 cm³/mol. The van der Waals surface area contributed by atoms with Gasteiger partial charge in [0.1, 0.15) is 12.2 Å². The Morgan fingerprint density at radius 1 is 1.47 bits per heavy atom. The molecular weight excluding hydrogens is 198 g/mol. The van der Waals surface area contributed by atoms with Crippen molar-refractivity contribution in [1.29, 1.82) is 0 Å². The number of esters is 1. The normalized spacial score (nSPS) is 9.67. The molecule has 0 fully saturated rings. The van der Waals surface area contributed by atoms with E-state index in [4.69, 9.17) is 10.5 Å². The number of nitrogen functional groups attached to an aromatic ring is 1. The van der Waals surface area contributed by atoms with Crippen LogP contribution in [0.2, 0.25) is 0 Å². The van der Waals surface area contributed by atoms with Crippen LogP contribution in [0.25, 0.3) is 0 Å². The quantitative estimate of drug-likeness (QED) is 0.253. The summed E-state index contributed by atoms with van der Waals surface area (Å²) in [6, 6.07) is 4.09. The van der Waals surface area contributed by atoms with E-state index in [9.17, 15) is 14.7 Å². The molecule has 0 aromatic heterocycles. The number of anilines is 1. The highest BCUT2D eigenvalue weighted by Gasteiger charge is 2.11. The highest BCUT2D eigenvalue weighted by molar-refractivity contribution is 5.95. The fourth-order valence-electron chi connectivity index (χ4n) is 0.974. The minimum absolute atomic E-state index is 0.0405. The molecule has 0 amide bonds. The third-order valence-corrected chi connectivity index (χ3v) is 1.60. The molecule has 1 aromatic rings. The van der Waals surface area contributed by atoms with Gasteiger partial charge in [-0.1, -0.05) is 0 Å². The number of ketones is 1. The van der Waals surface area contributed by atoms with Gasteiger partial charge in [-0.2, -0.15) is 0 Å². The Morgan fingerprint density at radius 3 is 2.73 bits per heavy atom. The molecule has 0 saturated carbocycles. The van der Waals surface area contributed by atoms with E-state index in [1.54, 1.807) is 0 Å². The van der Waals surface area contributed by atoms with Crippen LogP contribution >= 0.6 is 0 Å². The van der Waals surface area contributed by atoms with Gasteiger partial charge in [-0.05, 0) is 19.1 Å². The smallest absolute Gasteiger partial charge is 0.318 e. The largest absolute Gasteiger partial charge is 0.504 e. The maximum absolute atomic E-state index is 11.1. The first-order chi connectivity index (χ1) is 6.99. The Balaban J connectivity index is 2.76. The van der Waals surface area contributed by atoms with Crippen LogP contribution in [-0.2, 0) is 9.59 Å². The molecule has 0 atom stereocenters. The van der Waals surface area contributed by atoms with Crippen molar-refractivity contribution in [2.24, 2.45) is 0 Å². The molecule has 1 aromatic carbocycles. The second kappa shape index (κ2) is 4.45. The van der Waals surface area contributed by atoms with Crippen molar-refractivity contribution in [1.82, 2.24) is 0 Å². The second-order valence-corrected chi connectivity index (χ2v) is 3.08. The summed E-state index contributed by atoms with van der Waals surface area (Å²) in [6.07, 6.45) is -0.325. The van der Waals surface area contributed by atoms with Gasteiger partial charge in [-0.15, -0.1) is 0 Å². The molecule has 3 N–H and O–H groups in total. The van der Waals surface area contributed by atoms with Gasteiger partial charge in [-0.25, -0.2) is 0 Å². The van der Waals surface area contributed by atoms with Crippen molar-refractivity contribution in [2.75, 3.05) is 5.73 Å². The minimum atomic E-state index is -0.719. The summed E-state index contributed by atoms with van der Waals surface area (Å²) >= 11 is 0. The molecule has 0 bridgehead atoms. The molecule has 0 radical (unpaired) electrons. The van der Waals surface area contributed by atoms with E-state index in [0.717, 1.165) is 0 Å². The van der Waals surface area contributed by atoms with Crippen molar-refractivity contribution in [3.05, 3.63) is 18.2 Å². The highest BCUT2D eigenvalue weighted by Crippen LogP contribution is 2.27. The molecular formula is C10H11NO4. The maximum Gasteiger partial charge on any atom is 0.318 e. The Kier molecular flexibility index (Phi) is 3.28. The van der Waals surface area contributed by atoms with Gasteiger partial charge in [0.15, 0.2) is 11.5 Å². The molecule has 0 aliphatic rings. The number of benzene rings is 1. The lowest BCUT2D eigenvalue weighted by Crippen LogP contribution is -2.11. The lowest BCUT2D eigenvalue weighted by atomic mass is 10.3. The summed E-state index contributed by atoms with van der Waals surface area (Å²) in [5, 5.41) is 9.30. The molecule has 0 unspecified atom stereocenters. The number of carbonyl (C=O) groups excluding carboxylic acids is 2. The maximum atomic E-state index is 11.1. The van der Waals surface area contributed by atoms with Crippen LogP contribution in [-0.4, -0.2) is 16.9 Å². The fourth-order valence-corrected chi connectivity index (χ4v) is 0.974. The van der Waals surface area contributed by atoms with E-state index in [2.05, 4.69) is 0 Å². The lowest BCUT2D eigenvalue weighted by molar-refractivity contribution is -0.137. The van der Waals surface area contributed by atoms with E-state index in [-0.39, 0.29) is 23.7 Å². The number of nitrogens with two attached hydrogens (primary N) is 1. The molecule has 5 nitrogen and oxygen atoms in total. The molecule has 0 saturated heterocycles. The van der Waals surface area contributed by atoms with E-state index in [1.807, 2.05) is 0 Å². The Morgan fingerprint density at radius 2 is 2.13 bits per heavy atom. The van der Waals surface area contributed by atoms with E-state index in [1.165, 1.54) is 25.1 Å². The minimum Gasteiger partial charge on any atom is -0.504 e. The molecule has 0 aliphatic carbocycles. The van der Waals surface area contributed by atoms with E-state index in [0.29, 0.717) is 5.69 Å². The number of aromatic hydroxyl groups is 1. The number of hydrogen-bond donors (Lipinski definition) is 2. The number of rotatable bonds is 3. The average molecular weight is 209 g/mol. The Labute approximate surface area is 86.5 Å². The molecule has 5 heteroatoms. The molecule has 15 heavy (non-hydrogen) atoms. The van der Waals surface area contributed by atoms with Gasteiger partial charge in [0.2, 0.25) is 0 Å². The number of hydrogen-bond acceptors (Lipinski definition) is 5. The van der Waals surface area contributed by atoms with Gasteiger partial charge in [0.25, 0.3) is 0 Å². The van der Waals surface area contributed by atoms with Crippen molar-refractivity contribution in [3.8, 4) is 11.5 Å². The van der Waals surface area contributed by atoms with Crippen molar-refractivity contribution >= 4 is 17.4 Å². The third kappa shape index (κ3) is 3.30. The van der Waals surface area contributed by atoms with Crippen LogP contribution in [0.4, 0.5) is 5.69 Å².